The third kappa shape index (κ3) is 18.2. The molecule has 2 saturated heterocycles. The van der Waals surface area contributed by atoms with Gasteiger partial charge in [-0.3, -0.25) is 52.9 Å². The fourth-order valence-electron chi connectivity index (χ4n) is 8.69. The van der Waals surface area contributed by atoms with E-state index in [2.05, 4.69) is 42.2 Å². The van der Waals surface area contributed by atoms with Crippen LogP contribution in [0.1, 0.15) is 96.5 Å². The van der Waals surface area contributed by atoms with E-state index in [0.29, 0.717) is 31.2 Å². The molecule has 3 aliphatic rings. The number of hydrogen-bond acceptors (Lipinski definition) is 14. The van der Waals surface area contributed by atoms with Crippen LogP contribution in [0.4, 0.5) is 0 Å². The van der Waals surface area contributed by atoms with Gasteiger partial charge in [-0.15, -0.1) is 0 Å². The number of amides is 10. The zero-order valence-corrected chi connectivity index (χ0v) is 42.4. The summed E-state index contributed by atoms with van der Waals surface area (Å²) < 4.78 is -0.680. The number of aliphatic hydroxyl groups excluding tert-OH is 1. The summed E-state index contributed by atoms with van der Waals surface area (Å²) in [5.41, 5.74) is 22.3. The van der Waals surface area contributed by atoms with Crippen molar-refractivity contribution in [1.29, 1.82) is 0 Å². The third-order valence-corrected chi connectivity index (χ3v) is 16.1. The Morgan fingerprint density at radius 1 is 0.847 bits per heavy atom. The first-order valence-corrected chi connectivity index (χ1v) is 26.5. The molecule has 8 atom stereocenters. The lowest BCUT2D eigenvalue weighted by Gasteiger charge is -2.37. The molecular weight excluding hydrogens is 975 g/mol. The lowest BCUT2D eigenvalue weighted by molar-refractivity contribution is -0.142. The van der Waals surface area contributed by atoms with E-state index in [-0.39, 0.29) is 62.8 Å². The van der Waals surface area contributed by atoms with Gasteiger partial charge < -0.3 is 70.2 Å². The zero-order chi connectivity index (χ0) is 53.0. The number of nitrogens with one attached hydrogen (secondary N) is 7. The van der Waals surface area contributed by atoms with Crippen LogP contribution in [-0.2, 0) is 54.4 Å². The smallest absolute Gasteiger partial charge is 0.246 e. The van der Waals surface area contributed by atoms with E-state index in [1.165, 1.54) is 26.5 Å². The molecule has 1 aromatic carbocycles. The Kier molecular flexibility index (Phi) is 23.3. The minimum absolute atomic E-state index is 0.0107. The summed E-state index contributed by atoms with van der Waals surface area (Å²) in [5, 5.41) is 28.6. The second kappa shape index (κ2) is 28.8. The number of carbonyl (C=O) groups is 10. The summed E-state index contributed by atoms with van der Waals surface area (Å²) >= 11 is 0. The molecule has 2 aliphatic heterocycles. The lowest BCUT2D eigenvalue weighted by Crippen LogP contribution is -2.61. The summed E-state index contributed by atoms with van der Waals surface area (Å²) in [7, 11) is 2.56. The minimum Gasteiger partial charge on any atom is -0.394 e. The van der Waals surface area contributed by atoms with E-state index in [0.717, 1.165) is 19.3 Å². The van der Waals surface area contributed by atoms with Gasteiger partial charge in [-0.1, -0.05) is 91.5 Å². The van der Waals surface area contributed by atoms with Crippen molar-refractivity contribution in [1.82, 2.24) is 42.1 Å². The maximum Gasteiger partial charge on any atom is 0.246 e. The molecule has 3 fully saturated rings. The molecule has 26 heteroatoms. The molecule has 1 spiro atoms. The molecule has 0 unspecified atom stereocenters. The fourth-order valence-corrected chi connectivity index (χ4v) is 12.1. The van der Waals surface area contributed by atoms with Crippen LogP contribution < -0.4 is 60.2 Å². The first-order chi connectivity index (χ1) is 34.3. The molecule has 398 valence electrons. The number of nitrogens with two attached hydrogens (primary N) is 4. The monoisotopic (exact) mass is 1050 g/mol. The summed E-state index contributed by atoms with van der Waals surface area (Å²) in [5.74, 6) is -8.78. The van der Waals surface area contributed by atoms with Gasteiger partial charge in [-0.2, -0.15) is 0 Å². The van der Waals surface area contributed by atoms with E-state index in [1.54, 1.807) is 37.3 Å². The number of hydrogen-bond donors (Lipinski definition) is 12. The Morgan fingerprint density at radius 3 is 2.14 bits per heavy atom. The average Bonchev–Trinajstić information content (AvgIpc) is 3.84. The van der Waals surface area contributed by atoms with Crippen molar-refractivity contribution >= 4 is 86.6 Å². The van der Waals surface area contributed by atoms with Gasteiger partial charge in [0.1, 0.15) is 42.3 Å². The van der Waals surface area contributed by atoms with Gasteiger partial charge in [0.15, 0.2) is 5.96 Å². The summed E-state index contributed by atoms with van der Waals surface area (Å²) in [6.45, 7) is 2.34. The van der Waals surface area contributed by atoms with Crippen LogP contribution in [0.25, 0.3) is 0 Å². The second-order valence-electron chi connectivity index (χ2n) is 18.4. The normalized spacial score (nSPS) is 24.4. The van der Waals surface area contributed by atoms with E-state index < -0.39 is 126 Å². The Balaban J connectivity index is 1.71. The number of likely N-dealkylation sites (tertiary alicyclic amines) is 1. The third-order valence-electron chi connectivity index (χ3n) is 12.8. The second-order valence-corrected chi connectivity index (χ2v) is 21.2. The first kappa shape index (κ1) is 58.4. The molecule has 1 aromatic rings. The van der Waals surface area contributed by atoms with Crippen LogP contribution in [0.3, 0.4) is 0 Å². The zero-order valence-electron chi connectivity index (χ0n) is 40.8. The SMILES string of the molecule is CC[C@H](C)[C@@H]1NC(=O)CC2(CCCCC2)SSC[C@@H](C(=O)N2CCC[C@@H]2C(=O)N[C@@H](CCCN=C(N)N)C(=O)NCC(N)=O)NC(=O)[C@H](CC(N)=O)NC(=O)[C@H](CO)NC(=O)[C@@H](Cc2ccccc2)NC1=O. The molecule has 0 aromatic heterocycles. The van der Waals surface area contributed by atoms with Crippen LogP contribution >= 0.6 is 21.6 Å². The standard InChI is InChI=1S/C46H71N13O11S2/c1-3-26(2)37-43(69)55-29(20-27-12-6-4-7-13-27)39(65)56-31(24-60)41(67)54-30(21-34(47)61)40(66)57-32(25-71-72-46(22-36(63)58-37)16-8-5-9-17-46)44(70)59-19-11-15-33(59)42(68)53-28(14-10-18-51-45(49)50)38(64)52-23-35(48)62/h4,6-7,12-13,26,28-33,37,60H,3,5,8-11,14-25H2,1-2H3,(H2,47,61)(H2,48,62)(H,52,64)(H,53,68)(H,54,67)(H,55,69)(H,56,65)(H,57,66)(H,58,63)(H4,49,50,51)/t26-,28-,29+,30-,31-,32-,33+,37-/m0/s1. The number of aliphatic imine (C=N–C) groups is 1. The molecule has 0 radical (unpaired) electrons. The number of benzene rings is 1. The Morgan fingerprint density at radius 2 is 1.50 bits per heavy atom. The van der Waals surface area contributed by atoms with Gasteiger partial charge in [0.05, 0.1) is 19.6 Å². The first-order valence-electron chi connectivity index (χ1n) is 24.2. The number of carbonyl (C=O) groups excluding carboxylic acids is 10. The molecule has 72 heavy (non-hydrogen) atoms. The van der Waals surface area contributed by atoms with E-state index in [4.69, 9.17) is 22.9 Å². The highest BCUT2D eigenvalue weighted by molar-refractivity contribution is 8.77. The van der Waals surface area contributed by atoms with Crippen LogP contribution in [0.15, 0.2) is 35.3 Å². The van der Waals surface area contributed by atoms with Gasteiger partial charge in [0, 0.05) is 36.4 Å². The number of nitrogens with zero attached hydrogens (tertiary/aromatic N) is 2. The van der Waals surface area contributed by atoms with Crippen molar-refractivity contribution < 1.29 is 53.1 Å². The van der Waals surface area contributed by atoms with Crippen molar-refractivity contribution in [3.05, 3.63) is 35.9 Å². The van der Waals surface area contributed by atoms with Crippen LogP contribution in [0.2, 0.25) is 0 Å². The van der Waals surface area contributed by atoms with Crippen LogP contribution in [0, 0.1) is 5.92 Å². The number of primary amides is 2. The van der Waals surface area contributed by atoms with E-state index in [1.807, 2.05) is 6.92 Å². The van der Waals surface area contributed by atoms with E-state index in [9.17, 15) is 53.1 Å². The van der Waals surface area contributed by atoms with Crippen molar-refractivity contribution in [2.24, 2.45) is 33.8 Å². The molecule has 24 nitrogen and oxygen atoms in total. The van der Waals surface area contributed by atoms with Gasteiger partial charge in [0.25, 0.3) is 0 Å². The summed E-state index contributed by atoms with van der Waals surface area (Å²) in [6.07, 6.45) is 4.15. The predicted molar refractivity (Wildman–Crippen MR) is 269 cm³/mol. The largest absolute Gasteiger partial charge is 0.394 e. The highest BCUT2D eigenvalue weighted by Crippen LogP contribution is 2.48. The molecule has 4 rings (SSSR count). The summed E-state index contributed by atoms with van der Waals surface area (Å²) in [6, 6.07) is -0.890. The molecule has 1 aliphatic carbocycles. The fraction of sp³-hybridized carbons (Fsp3) is 0.630. The van der Waals surface area contributed by atoms with Gasteiger partial charge in [0.2, 0.25) is 59.1 Å². The average molecular weight is 1050 g/mol. The Hall–Kier alpha value is -6.15. The maximum atomic E-state index is 14.8. The quantitative estimate of drug-likeness (QED) is 0.0324. The van der Waals surface area contributed by atoms with Crippen LogP contribution in [0.5, 0.6) is 0 Å². The minimum atomic E-state index is -1.74. The molecule has 1 saturated carbocycles. The van der Waals surface area contributed by atoms with E-state index >= 15 is 0 Å². The molecular formula is C46H71N13O11S2. The van der Waals surface area contributed by atoms with Crippen molar-refractivity contribution in [2.75, 3.05) is 32.0 Å². The van der Waals surface area contributed by atoms with Crippen molar-refractivity contribution in [3.8, 4) is 0 Å². The van der Waals surface area contributed by atoms with Crippen LogP contribution in [-0.4, -0.2) is 154 Å². The molecule has 16 N–H and O–H groups in total. The Bertz CT molecular complexity index is 2130. The molecule has 2 heterocycles. The van der Waals surface area contributed by atoms with Gasteiger partial charge >= 0.3 is 0 Å². The lowest BCUT2D eigenvalue weighted by atomic mass is 9.85. The highest BCUT2D eigenvalue weighted by Gasteiger charge is 2.42. The maximum absolute atomic E-state index is 14.8. The number of aliphatic hydroxyl groups is 1. The molecule has 10 amide bonds. The van der Waals surface area contributed by atoms with Gasteiger partial charge in [-0.05, 0) is 50.0 Å². The van der Waals surface area contributed by atoms with Crippen molar-refractivity contribution in [2.45, 2.75) is 144 Å². The summed E-state index contributed by atoms with van der Waals surface area (Å²) in [4.78, 5) is 142. The van der Waals surface area contributed by atoms with Crippen molar-refractivity contribution in [3.63, 3.8) is 0 Å². The predicted octanol–water partition coefficient (Wildman–Crippen LogP) is -2.81. The topological polar surface area (TPSA) is 395 Å². The Labute approximate surface area is 426 Å². The highest BCUT2D eigenvalue weighted by atomic mass is 33.1. The number of guanidine groups is 1. The van der Waals surface area contributed by atoms with Gasteiger partial charge in [-0.25, -0.2) is 0 Å². The molecule has 0 bridgehead atoms. The number of rotatable bonds is 17.